The first kappa shape index (κ1) is 10.4. The largest absolute Gasteiger partial charge is 0.491 e. The molecule has 0 unspecified atom stereocenters. The van der Waals surface area contributed by atoms with Crippen LogP contribution in [0.25, 0.3) is 5.69 Å². The molecular weight excluding hydrogens is 214 g/mol. The van der Waals surface area contributed by atoms with Gasteiger partial charge >= 0.3 is 0 Å². The zero-order chi connectivity index (χ0) is 11.8. The van der Waals surface area contributed by atoms with Crippen LogP contribution in [0.15, 0.2) is 30.7 Å². The lowest BCUT2D eigenvalue weighted by molar-refractivity contribution is 0.318. The van der Waals surface area contributed by atoms with Crippen LogP contribution >= 0.6 is 0 Å². The van der Waals surface area contributed by atoms with Crippen molar-refractivity contribution in [3.05, 3.63) is 42.0 Å². The Morgan fingerprint density at radius 2 is 2.35 bits per heavy atom. The smallest absolute Gasteiger partial charge is 0.126 e. The highest BCUT2D eigenvalue weighted by Crippen LogP contribution is 2.33. The maximum absolute atomic E-state index is 5.67. The summed E-state index contributed by atoms with van der Waals surface area (Å²) in [5.41, 5.74) is 3.33. The predicted octanol–water partition coefficient (Wildman–Crippen LogP) is 1.83. The van der Waals surface area contributed by atoms with Crippen LogP contribution in [-0.4, -0.2) is 23.2 Å². The van der Waals surface area contributed by atoms with Crippen molar-refractivity contribution in [1.82, 2.24) is 14.9 Å². The fourth-order valence-electron chi connectivity index (χ4n) is 2.16. The Morgan fingerprint density at radius 3 is 3.06 bits per heavy atom. The molecule has 88 valence electrons. The Kier molecular flexibility index (Phi) is 2.37. The third-order valence-corrected chi connectivity index (χ3v) is 3.14. The van der Waals surface area contributed by atoms with E-state index in [1.807, 2.05) is 31.1 Å². The number of hydrogen-bond acceptors (Lipinski definition) is 3. The normalized spacial score (nSPS) is 17.9. The van der Waals surface area contributed by atoms with Gasteiger partial charge in [0, 0.05) is 17.8 Å². The zero-order valence-corrected chi connectivity index (χ0v) is 9.97. The molecule has 0 aliphatic carbocycles. The van der Waals surface area contributed by atoms with Gasteiger partial charge in [-0.15, -0.1) is 0 Å². The second-order valence-electron chi connectivity index (χ2n) is 4.30. The van der Waals surface area contributed by atoms with Gasteiger partial charge in [-0.3, -0.25) is 0 Å². The number of ether oxygens (including phenoxy) is 1. The van der Waals surface area contributed by atoms with Gasteiger partial charge in [0.25, 0.3) is 0 Å². The average molecular weight is 229 g/mol. The molecule has 0 saturated heterocycles. The minimum Gasteiger partial charge on any atom is -0.491 e. The minimum absolute atomic E-state index is 0.309. The molecule has 0 saturated carbocycles. The Hall–Kier alpha value is -1.81. The second-order valence-corrected chi connectivity index (χ2v) is 4.30. The molecule has 1 aliphatic rings. The highest BCUT2D eigenvalue weighted by Gasteiger charge is 2.22. The molecule has 1 aromatic carbocycles. The third-order valence-electron chi connectivity index (χ3n) is 3.14. The van der Waals surface area contributed by atoms with Gasteiger partial charge in [-0.1, -0.05) is 6.07 Å². The monoisotopic (exact) mass is 229 g/mol. The lowest BCUT2D eigenvalue weighted by Gasteiger charge is -2.07. The van der Waals surface area contributed by atoms with Gasteiger partial charge in [-0.05, 0) is 20.0 Å². The van der Waals surface area contributed by atoms with Gasteiger partial charge in [-0.25, -0.2) is 4.98 Å². The standard InChI is InChI=1S/C13H15N3O/c1-9-6-16(8-15-9)10-3-4-11-12(14-2)7-17-13(11)5-10/h3-6,8,12,14H,7H2,1-2H3/t12-/m1/s1. The van der Waals surface area contributed by atoms with Gasteiger partial charge in [0.05, 0.1) is 23.8 Å². The Bertz CT molecular complexity index is 547. The summed E-state index contributed by atoms with van der Waals surface area (Å²) in [7, 11) is 1.95. The van der Waals surface area contributed by atoms with E-state index in [0.717, 1.165) is 17.1 Å². The van der Waals surface area contributed by atoms with Crippen LogP contribution in [0.3, 0.4) is 0 Å². The number of benzene rings is 1. The van der Waals surface area contributed by atoms with E-state index < -0.39 is 0 Å². The maximum Gasteiger partial charge on any atom is 0.126 e. The van der Waals surface area contributed by atoms with Crippen molar-refractivity contribution in [2.45, 2.75) is 13.0 Å². The Labute approximate surface area is 100 Å². The first-order chi connectivity index (χ1) is 8.28. The summed E-state index contributed by atoms with van der Waals surface area (Å²) in [6.45, 7) is 2.69. The van der Waals surface area contributed by atoms with Crippen LogP contribution in [0, 0.1) is 6.92 Å². The Morgan fingerprint density at radius 1 is 1.47 bits per heavy atom. The van der Waals surface area contributed by atoms with E-state index in [4.69, 9.17) is 4.74 Å². The van der Waals surface area contributed by atoms with E-state index in [2.05, 4.69) is 28.5 Å². The number of imidazole rings is 1. The molecule has 3 rings (SSSR count). The third kappa shape index (κ3) is 1.70. The maximum atomic E-state index is 5.67. The molecule has 1 atom stereocenters. The van der Waals surface area contributed by atoms with Crippen LogP contribution in [0.5, 0.6) is 5.75 Å². The average Bonchev–Trinajstić information content (AvgIpc) is 2.94. The highest BCUT2D eigenvalue weighted by molar-refractivity contribution is 5.48. The van der Waals surface area contributed by atoms with Crippen molar-refractivity contribution in [3.8, 4) is 11.4 Å². The van der Waals surface area contributed by atoms with Gasteiger partial charge in [0.15, 0.2) is 0 Å². The molecular formula is C13H15N3O. The van der Waals surface area contributed by atoms with Crippen molar-refractivity contribution in [2.24, 2.45) is 0 Å². The molecule has 0 amide bonds. The van der Waals surface area contributed by atoms with E-state index in [0.29, 0.717) is 12.6 Å². The fourth-order valence-corrected chi connectivity index (χ4v) is 2.16. The SMILES string of the molecule is CN[C@@H]1COc2cc(-n3cnc(C)c3)ccc21. The van der Waals surface area contributed by atoms with Crippen molar-refractivity contribution in [2.75, 3.05) is 13.7 Å². The molecule has 4 nitrogen and oxygen atoms in total. The van der Waals surface area contributed by atoms with Gasteiger partial charge in [-0.2, -0.15) is 0 Å². The number of nitrogens with one attached hydrogen (secondary N) is 1. The number of hydrogen-bond donors (Lipinski definition) is 1. The first-order valence-electron chi connectivity index (χ1n) is 5.73. The lowest BCUT2D eigenvalue weighted by atomic mass is 10.1. The summed E-state index contributed by atoms with van der Waals surface area (Å²) >= 11 is 0. The summed E-state index contributed by atoms with van der Waals surface area (Å²) in [6, 6.07) is 6.59. The van der Waals surface area contributed by atoms with E-state index in [1.54, 1.807) is 0 Å². The lowest BCUT2D eigenvalue weighted by Crippen LogP contribution is -2.17. The molecule has 2 heterocycles. The van der Waals surface area contributed by atoms with Crippen molar-refractivity contribution >= 4 is 0 Å². The molecule has 1 N–H and O–H groups in total. The first-order valence-corrected chi connectivity index (χ1v) is 5.73. The van der Waals surface area contributed by atoms with Crippen molar-refractivity contribution < 1.29 is 4.74 Å². The van der Waals surface area contributed by atoms with Gasteiger partial charge in [0.1, 0.15) is 12.4 Å². The van der Waals surface area contributed by atoms with Crippen LogP contribution in [0.1, 0.15) is 17.3 Å². The van der Waals surface area contributed by atoms with Crippen LogP contribution in [0.2, 0.25) is 0 Å². The highest BCUT2D eigenvalue weighted by atomic mass is 16.5. The topological polar surface area (TPSA) is 39.1 Å². The van der Waals surface area contributed by atoms with E-state index in [1.165, 1.54) is 5.56 Å². The molecule has 17 heavy (non-hydrogen) atoms. The van der Waals surface area contributed by atoms with E-state index in [-0.39, 0.29) is 0 Å². The number of aryl methyl sites for hydroxylation is 1. The number of nitrogens with zero attached hydrogens (tertiary/aromatic N) is 2. The number of likely N-dealkylation sites (N-methyl/N-ethyl adjacent to an activating group) is 1. The number of aromatic nitrogens is 2. The summed E-state index contributed by atoms with van der Waals surface area (Å²) in [5.74, 6) is 0.966. The molecule has 1 aromatic heterocycles. The minimum atomic E-state index is 0.309. The quantitative estimate of drug-likeness (QED) is 0.854. The van der Waals surface area contributed by atoms with E-state index >= 15 is 0 Å². The van der Waals surface area contributed by atoms with Crippen molar-refractivity contribution in [1.29, 1.82) is 0 Å². The molecule has 4 heteroatoms. The molecule has 0 fully saturated rings. The number of rotatable bonds is 2. The number of fused-ring (bicyclic) bond motifs is 1. The summed E-state index contributed by atoms with van der Waals surface area (Å²) < 4.78 is 7.68. The van der Waals surface area contributed by atoms with Crippen molar-refractivity contribution in [3.63, 3.8) is 0 Å². The summed E-state index contributed by atoms with van der Waals surface area (Å²) in [6.07, 6.45) is 3.83. The molecule has 0 bridgehead atoms. The zero-order valence-electron chi connectivity index (χ0n) is 9.97. The van der Waals surface area contributed by atoms with E-state index in [9.17, 15) is 0 Å². The molecule has 0 radical (unpaired) electrons. The van der Waals surface area contributed by atoms with Crippen LogP contribution in [0.4, 0.5) is 0 Å². The predicted molar refractivity (Wildman–Crippen MR) is 65.6 cm³/mol. The summed E-state index contributed by atoms with van der Waals surface area (Å²) in [5, 5.41) is 3.24. The molecule has 2 aromatic rings. The van der Waals surface area contributed by atoms with Crippen LogP contribution in [-0.2, 0) is 0 Å². The Balaban J connectivity index is 2.00. The second kappa shape index (κ2) is 3.89. The van der Waals surface area contributed by atoms with Gasteiger partial charge < -0.3 is 14.6 Å². The molecule has 1 aliphatic heterocycles. The summed E-state index contributed by atoms with van der Waals surface area (Å²) in [4.78, 5) is 4.23. The fraction of sp³-hybridized carbons (Fsp3) is 0.308. The van der Waals surface area contributed by atoms with Crippen LogP contribution < -0.4 is 10.1 Å². The molecule has 0 spiro atoms. The van der Waals surface area contributed by atoms with Gasteiger partial charge in [0.2, 0.25) is 0 Å².